The number of carbonyl (C=O) groups is 1. The van der Waals surface area contributed by atoms with Crippen LogP contribution in [0.2, 0.25) is 27.7 Å². The summed E-state index contributed by atoms with van der Waals surface area (Å²) in [5.74, 6) is 0.497. The van der Waals surface area contributed by atoms with Gasteiger partial charge in [0, 0.05) is 5.54 Å². The average molecular weight is 382 g/mol. The van der Waals surface area contributed by atoms with E-state index >= 15 is 0 Å². The summed E-state index contributed by atoms with van der Waals surface area (Å²) in [6.07, 6.45) is 6.39. The largest absolute Gasteiger partial charge is 0.438 e. The first-order valence-electron chi connectivity index (χ1n) is 10.6. The molecule has 1 atom stereocenters. The van der Waals surface area contributed by atoms with E-state index in [1.807, 2.05) is 0 Å². The summed E-state index contributed by atoms with van der Waals surface area (Å²) in [4.78, 5) is 13.7. The van der Waals surface area contributed by atoms with Crippen molar-refractivity contribution in [2.45, 2.75) is 121 Å². The lowest BCUT2D eigenvalue weighted by Crippen LogP contribution is -2.91. The second kappa shape index (κ2) is 6.20. The quantitative estimate of drug-likeness (QED) is 0.444. The zero-order chi connectivity index (χ0) is 18.8. The summed E-state index contributed by atoms with van der Waals surface area (Å²) < 4.78 is 9.88. The molecule has 0 aromatic carbocycles. The summed E-state index contributed by atoms with van der Waals surface area (Å²) >= 11 is 0. The molecule has 0 aromatic heterocycles. The molecular weight excluding hydrogens is 342 g/mol. The molecule has 3 saturated heterocycles. The predicted molar refractivity (Wildman–Crippen MR) is 109 cm³/mol. The summed E-state index contributed by atoms with van der Waals surface area (Å²) in [7, 11) is -4.50. The van der Waals surface area contributed by atoms with E-state index in [9.17, 15) is 4.79 Å². The van der Waals surface area contributed by atoms with Crippen LogP contribution in [0.3, 0.4) is 0 Å². The highest BCUT2D eigenvalue weighted by Crippen LogP contribution is 2.69. The maximum absolute atomic E-state index is 13.7. The maximum Gasteiger partial charge on any atom is 0.298 e. The summed E-state index contributed by atoms with van der Waals surface area (Å²) in [5.41, 5.74) is 2.31. The van der Waals surface area contributed by atoms with E-state index in [1.165, 1.54) is 32.1 Å². The Hall–Kier alpha value is -0.136. The van der Waals surface area contributed by atoms with Crippen LogP contribution in [-0.2, 0) is 8.91 Å². The van der Waals surface area contributed by atoms with Crippen molar-refractivity contribution in [2.75, 3.05) is 0 Å². The Labute approximate surface area is 157 Å². The zero-order valence-corrected chi connectivity index (χ0v) is 19.7. The van der Waals surface area contributed by atoms with E-state index in [2.05, 4.69) is 60.0 Å². The van der Waals surface area contributed by atoms with Crippen LogP contribution in [0, 0.1) is 0 Å². The third kappa shape index (κ3) is 2.21. The predicted octanol–water partition coefficient (Wildman–Crippen LogP) is 5.96. The molecule has 5 heteroatoms. The topological polar surface area (TPSA) is 29.5 Å². The molecule has 3 heterocycles. The minimum Gasteiger partial charge on any atom is -0.438 e. The number of fused-ring (bicyclic) bond motifs is 2. The van der Waals surface area contributed by atoms with Gasteiger partial charge < -0.3 is 8.68 Å². The van der Waals surface area contributed by atoms with Crippen molar-refractivity contribution in [1.29, 1.82) is 0 Å². The second-order valence-electron chi connectivity index (χ2n) is 10.1. The monoisotopic (exact) mass is 381 g/mol. The maximum atomic E-state index is 13.7. The van der Waals surface area contributed by atoms with Gasteiger partial charge in [-0.05, 0) is 35.0 Å². The van der Waals surface area contributed by atoms with Gasteiger partial charge in [-0.3, -0.25) is 4.79 Å². The van der Waals surface area contributed by atoms with Crippen molar-refractivity contribution in [3.8, 4) is 0 Å². The van der Waals surface area contributed by atoms with E-state index in [4.69, 9.17) is 4.12 Å². The van der Waals surface area contributed by atoms with Crippen molar-refractivity contribution in [3.05, 3.63) is 0 Å². The van der Waals surface area contributed by atoms with Crippen LogP contribution in [0.1, 0.15) is 87.5 Å². The third-order valence-electron chi connectivity index (χ3n) is 7.77. The van der Waals surface area contributed by atoms with Crippen LogP contribution in [0.25, 0.3) is 0 Å². The van der Waals surface area contributed by atoms with Gasteiger partial charge in [-0.25, -0.2) is 0 Å². The lowest BCUT2D eigenvalue weighted by molar-refractivity contribution is -0.156. The van der Waals surface area contributed by atoms with E-state index in [0.29, 0.717) is 28.1 Å². The molecule has 4 rings (SSSR count). The summed E-state index contributed by atoms with van der Waals surface area (Å²) in [6, 6.07) is 0. The molecule has 1 saturated carbocycles. The average Bonchev–Trinajstić information content (AvgIpc) is 2.54. The minimum atomic E-state index is -2.31. The Bertz CT molecular complexity index is 484. The SMILES string of the molecule is CC(C)[Si]1(C(C)C)O[Si](C(C)C)(C(C)C)N2C(=O)C1C21CCCCC1. The van der Waals surface area contributed by atoms with Crippen molar-refractivity contribution < 1.29 is 8.91 Å². The van der Waals surface area contributed by atoms with Gasteiger partial charge in [0.15, 0.2) is 0 Å². The zero-order valence-electron chi connectivity index (χ0n) is 17.7. The van der Waals surface area contributed by atoms with E-state index in [0.717, 1.165) is 0 Å². The smallest absolute Gasteiger partial charge is 0.298 e. The fourth-order valence-electron chi connectivity index (χ4n) is 6.83. The fraction of sp³-hybridized carbons (Fsp3) is 0.950. The van der Waals surface area contributed by atoms with Crippen LogP contribution in [-0.4, -0.2) is 32.8 Å². The number of amides is 1. The van der Waals surface area contributed by atoms with Gasteiger partial charge in [-0.15, -0.1) is 0 Å². The van der Waals surface area contributed by atoms with Crippen molar-refractivity contribution in [3.63, 3.8) is 0 Å². The van der Waals surface area contributed by atoms with Crippen molar-refractivity contribution >= 4 is 22.7 Å². The Morgan fingerprint density at radius 2 is 1.36 bits per heavy atom. The molecule has 144 valence electrons. The molecule has 4 fully saturated rings. The number of β-lactam (4-membered cyclic amide) rings is 1. The first-order chi connectivity index (χ1) is 11.6. The van der Waals surface area contributed by atoms with Crippen LogP contribution >= 0.6 is 0 Å². The lowest BCUT2D eigenvalue weighted by atomic mass is 9.73. The Kier molecular flexibility index (Phi) is 4.86. The molecule has 0 aromatic rings. The summed E-state index contributed by atoms with van der Waals surface area (Å²) in [5, 5.41) is 0. The molecule has 4 aliphatic rings. The normalized spacial score (nSPS) is 29.8. The second-order valence-corrected chi connectivity index (χ2v) is 19.8. The van der Waals surface area contributed by atoms with Gasteiger partial charge in [0.25, 0.3) is 8.48 Å². The number of carbonyl (C=O) groups excluding carboxylic acids is 1. The van der Waals surface area contributed by atoms with Gasteiger partial charge >= 0.3 is 0 Å². The van der Waals surface area contributed by atoms with Gasteiger partial charge in [0.2, 0.25) is 14.2 Å². The number of nitrogens with zero attached hydrogens (tertiary/aromatic N) is 1. The van der Waals surface area contributed by atoms with Crippen molar-refractivity contribution in [1.82, 2.24) is 4.57 Å². The van der Waals surface area contributed by atoms with Gasteiger partial charge in [-0.1, -0.05) is 74.7 Å². The van der Waals surface area contributed by atoms with E-state index in [1.54, 1.807) is 0 Å². The Morgan fingerprint density at radius 1 is 0.880 bits per heavy atom. The first kappa shape index (κ1) is 19.6. The summed E-state index contributed by atoms with van der Waals surface area (Å²) in [6.45, 7) is 18.7. The molecule has 2 bridgehead atoms. The number of hydrogen-bond acceptors (Lipinski definition) is 2. The highest BCUT2D eigenvalue weighted by Gasteiger charge is 2.81. The molecule has 0 radical (unpaired) electrons. The van der Waals surface area contributed by atoms with Crippen LogP contribution < -0.4 is 0 Å². The standard InChI is InChI=1S/C20H39NO2Si2/c1-14(2)24(15(3)4)18-19(22)21(20(18)12-10-9-11-13-20)25(23-24,16(5)6)17(7)8/h14-18H,9-13H2,1-8H3. The van der Waals surface area contributed by atoms with E-state index in [-0.39, 0.29) is 11.1 Å². The van der Waals surface area contributed by atoms with Gasteiger partial charge in [0.05, 0.1) is 5.54 Å². The highest BCUT2D eigenvalue weighted by molar-refractivity contribution is 6.96. The van der Waals surface area contributed by atoms with Gasteiger partial charge in [-0.2, -0.15) is 0 Å². The van der Waals surface area contributed by atoms with Crippen LogP contribution in [0.5, 0.6) is 0 Å². The molecule has 25 heavy (non-hydrogen) atoms. The number of hydrogen-bond donors (Lipinski definition) is 0. The first-order valence-corrected chi connectivity index (χ1v) is 14.8. The minimum absolute atomic E-state index is 0.162. The molecule has 1 amide bonds. The van der Waals surface area contributed by atoms with Crippen LogP contribution in [0.4, 0.5) is 0 Å². The van der Waals surface area contributed by atoms with Crippen molar-refractivity contribution in [2.24, 2.45) is 0 Å². The Morgan fingerprint density at radius 3 is 1.76 bits per heavy atom. The molecule has 1 spiro atoms. The molecule has 3 nitrogen and oxygen atoms in total. The molecule has 1 unspecified atom stereocenters. The van der Waals surface area contributed by atoms with Crippen LogP contribution in [0.15, 0.2) is 0 Å². The molecule has 3 aliphatic heterocycles. The molecular formula is C20H39NO2Si2. The number of rotatable bonds is 4. The lowest BCUT2D eigenvalue weighted by Gasteiger charge is -2.77. The third-order valence-corrected chi connectivity index (χ3v) is 20.5. The highest BCUT2D eigenvalue weighted by atomic mass is 28.4. The van der Waals surface area contributed by atoms with Gasteiger partial charge in [0.1, 0.15) is 0 Å². The van der Waals surface area contributed by atoms with E-state index < -0.39 is 16.8 Å². The Balaban J connectivity index is 2.25. The fourth-order valence-corrected chi connectivity index (χ4v) is 22.3. The molecule has 1 aliphatic carbocycles. The molecule has 0 N–H and O–H groups in total.